The molecule has 1 aromatic rings. The molecule has 0 aromatic heterocycles. The highest BCUT2D eigenvalue weighted by atomic mass is 32.2. The van der Waals surface area contributed by atoms with Crippen LogP contribution in [0.15, 0.2) is 36.4 Å². The molecule has 1 spiro atoms. The first kappa shape index (κ1) is 23.0. The Balaban J connectivity index is 0.000000293. The number of hydrogen-bond acceptors (Lipinski definition) is 7. The van der Waals surface area contributed by atoms with Crippen molar-refractivity contribution in [3.8, 4) is 11.5 Å². The molecular weight excluding hydrogens is 424 g/mol. The predicted molar refractivity (Wildman–Crippen MR) is 114 cm³/mol. The van der Waals surface area contributed by atoms with Gasteiger partial charge >= 0.3 is 11.9 Å². The molecule has 2 fully saturated rings. The summed E-state index contributed by atoms with van der Waals surface area (Å²) in [7, 11) is 0. The number of ether oxygens (including phenoxy) is 2. The number of nitrogens with one attached hydrogen (secondary N) is 1. The molecule has 2 saturated heterocycles. The fraction of sp³-hybridized carbons (Fsp3) is 0.476. The van der Waals surface area contributed by atoms with Crippen molar-refractivity contribution in [2.75, 3.05) is 32.0 Å². The summed E-state index contributed by atoms with van der Waals surface area (Å²) in [5.74, 6) is -0.00844. The van der Waals surface area contributed by atoms with Crippen LogP contribution in [0.5, 0.6) is 11.5 Å². The summed E-state index contributed by atoms with van der Waals surface area (Å²) in [5.41, 5.74) is 0. The standard InChI is InChI=1S/C17H22N2O3S.C4H4O4/c20-16-12-23-17(18-16)6-9-19(10-7-17)8-5-13-11-21-14-3-1-2-4-15(14)22-13;5-3(6)1-2-4(7)8/h1-4,13H,5-12H2,(H,18,20);1-2H,(H,5,6)(H,7,8)/b;2-1-. The second-order valence-corrected chi connectivity index (χ2v) is 8.83. The highest BCUT2D eigenvalue weighted by Gasteiger charge is 2.41. The molecule has 1 atom stereocenters. The molecule has 31 heavy (non-hydrogen) atoms. The number of thioether (sulfide) groups is 1. The van der Waals surface area contributed by atoms with E-state index in [4.69, 9.17) is 19.7 Å². The second-order valence-electron chi connectivity index (χ2n) is 7.47. The van der Waals surface area contributed by atoms with Gasteiger partial charge in [0.1, 0.15) is 12.7 Å². The topological polar surface area (TPSA) is 125 Å². The third kappa shape index (κ3) is 6.90. The van der Waals surface area contributed by atoms with Gasteiger partial charge in [0, 0.05) is 38.2 Å². The van der Waals surface area contributed by atoms with Crippen molar-refractivity contribution in [3.63, 3.8) is 0 Å². The number of hydrogen-bond donors (Lipinski definition) is 3. The number of carboxylic acid groups (broad SMARTS) is 2. The van der Waals surface area contributed by atoms with Gasteiger partial charge in [0.25, 0.3) is 0 Å². The number of likely N-dealkylation sites (tertiary alicyclic amines) is 1. The quantitative estimate of drug-likeness (QED) is 0.573. The van der Waals surface area contributed by atoms with Crippen LogP contribution in [-0.4, -0.2) is 75.9 Å². The van der Waals surface area contributed by atoms with Gasteiger partial charge in [0.15, 0.2) is 11.5 Å². The van der Waals surface area contributed by atoms with Gasteiger partial charge < -0.3 is 29.9 Å². The minimum Gasteiger partial charge on any atom is -0.486 e. The Bertz CT molecular complexity index is 821. The molecule has 1 unspecified atom stereocenters. The second kappa shape index (κ2) is 10.5. The van der Waals surface area contributed by atoms with Crippen LogP contribution in [0.1, 0.15) is 19.3 Å². The molecule has 1 amide bonds. The molecule has 4 rings (SSSR count). The highest BCUT2D eigenvalue weighted by Crippen LogP contribution is 2.37. The Labute approximate surface area is 184 Å². The number of benzene rings is 1. The lowest BCUT2D eigenvalue weighted by Crippen LogP contribution is -2.50. The number of para-hydroxylation sites is 2. The van der Waals surface area contributed by atoms with Crippen molar-refractivity contribution < 1.29 is 34.1 Å². The predicted octanol–water partition coefficient (Wildman–Crippen LogP) is 1.58. The van der Waals surface area contributed by atoms with E-state index in [1.54, 1.807) is 11.8 Å². The summed E-state index contributed by atoms with van der Waals surface area (Å²) in [5, 5.41) is 18.8. The number of carboxylic acids is 2. The van der Waals surface area contributed by atoms with Gasteiger partial charge in [-0.2, -0.15) is 0 Å². The van der Waals surface area contributed by atoms with Gasteiger partial charge in [-0.25, -0.2) is 9.59 Å². The van der Waals surface area contributed by atoms with Crippen LogP contribution in [0.25, 0.3) is 0 Å². The van der Waals surface area contributed by atoms with Gasteiger partial charge in [-0.05, 0) is 25.0 Å². The highest BCUT2D eigenvalue weighted by molar-refractivity contribution is 8.01. The maximum Gasteiger partial charge on any atom is 0.328 e. The van der Waals surface area contributed by atoms with Crippen LogP contribution in [-0.2, 0) is 14.4 Å². The van der Waals surface area contributed by atoms with E-state index in [-0.39, 0.29) is 16.9 Å². The average molecular weight is 451 g/mol. The third-order valence-corrected chi connectivity index (χ3v) is 6.68. The van der Waals surface area contributed by atoms with Gasteiger partial charge in [-0.1, -0.05) is 12.1 Å². The van der Waals surface area contributed by atoms with Crippen LogP contribution in [0.3, 0.4) is 0 Å². The van der Waals surface area contributed by atoms with Crippen LogP contribution < -0.4 is 14.8 Å². The number of carbonyl (C=O) groups excluding carboxylic acids is 1. The van der Waals surface area contributed by atoms with Crippen LogP contribution in [0, 0.1) is 0 Å². The van der Waals surface area contributed by atoms with Crippen molar-refractivity contribution in [3.05, 3.63) is 36.4 Å². The molecule has 10 heteroatoms. The van der Waals surface area contributed by atoms with Crippen molar-refractivity contribution in [2.45, 2.75) is 30.2 Å². The summed E-state index contributed by atoms with van der Waals surface area (Å²) < 4.78 is 11.8. The maximum atomic E-state index is 11.5. The molecule has 3 heterocycles. The van der Waals surface area contributed by atoms with E-state index < -0.39 is 11.9 Å². The van der Waals surface area contributed by atoms with Crippen molar-refractivity contribution in [2.24, 2.45) is 0 Å². The van der Waals surface area contributed by atoms with Gasteiger partial charge in [0.05, 0.1) is 10.6 Å². The molecular formula is C21H26N2O7S. The average Bonchev–Trinajstić information content (AvgIpc) is 3.12. The lowest BCUT2D eigenvalue weighted by molar-refractivity contribution is -0.134. The van der Waals surface area contributed by atoms with E-state index in [0.717, 1.165) is 50.4 Å². The number of amides is 1. The smallest absolute Gasteiger partial charge is 0.328 e. The Morgan fingerprint density at radius 3 is 2.39 bits per heavy atom. The van der Waals surface area contributed by atoms with E-state index in [2.05, 4.69) is 10.2 Å². The Morgan fingerprint density at radius 2 is 1.81 bits per heavy atom. The van der Waals surface area contributed by atoms with Gasteiger partial charge in [0.2, 0.25) is 5.91 Å². The van der Waals surface area contributed by atoms with E-state index in [9.17, 15) is 14.4 Å². The van der Waals surface area contributed by atoms with E-state index in [1.165, 1.54) is 0 Å². The minimum atomic E-state index is -1.26. The lowest BCUT2D eigenvalue weighted by atomic mass is 10.0. The fourth-order valence-corrected chi connectivity index (χ4v) is 4.75. The largest absolute Gasteiger partial charge is 0.486 e. The van der Waals surface area contributed by atoms with Crippen molar-refractivity contribution >= 4 is 29.6 Å². The Morgan fingerprint density at radius 1 is 1.16 bits per heavy atom. The van der Waals surface area contributed by atoms with Crippen LogP contribution in [0.4, 0.5) is 0 Å². The Hall–Kier alpha value is -2.72. The van der Waals surface area contributed by atoms with E-state index in [1.807, 2.05) is 24.3 Å². The summed E-state index contributed by atoms with van der Waals surface area (Å²) in [4.78, 5) is 33.0. The summed E-state index contributed by atoms with van der Waals surface area (Å²) >= 11 is 1.78. The molecule has 168 valence electrons. The number of rotatable bonds is 5. The zero-order chi connectivity index (χ0) is 22.3. The number of aliphatic carboxylic acids is 2. The molecule has 0 saturated carbocycles. The first-order valence-corrected chi connectivity index (χ1v) is 11.0. The zero-order valence-electron chi connectivity index (χ0n) is 17.0. The molecule has 9 nitrogen and oxygen atoms in total. The summed E-state index contributed by atoms with van der Waals surface area (Å²) in [6, 6.07) is 7.85. The minimum absolute atomic E-state index is 0.0109. The van der Waals surface area contributed by atoms with Crippen LogP contribution >= 0.6 is 11.8 Å². The third-order valence-electron chi connectivity index (χ3n) is 5.21. The van der Waals surface area contributed by atoms with E-state index in [0.29, 0.717) is 24.5 Å². The van der Waals surface area contributed by atoms with Gasteiger partial charge in [-0.15, -0.1) is 11.8 Å². The maximum absolute atomic E-state index is 11.5. The van der Waals surface area contributed by atoms with E-state index >= 15 is 0 Å². The summed E-state index contributed by atoms with van der Waals surface area (Å²) in [6.45, 7) is 3.72. The molecule has 1 aromatic carbocycles. The summed E-state index contributed by atoms with van der Waals surface area (Å²) in [6.07, 6.45) is 4.29. The van der Waals surface area contributed by atoms with Gasteiger partial charge in [-0.3, -0.25) is 4.79 Å². The Kier molecular flexibility index (Phi) is 7.80. The SMILES string of the molecule is O=C(O)/C=C\C(=O)O.O=C1CSC2(CCN(CCC3COc4ccccc4O3)CC2)N1. The van der Waals surface area contributed by atoms with Crippen molar-refractivity contribution in [1.29, 1.82) is 0 Å². The number of carbonyl (C=O) groups is 3. The lowest BCUT2D eigenvalue weighted by Gasteiger charge is -2.39. The normalized spacial score (nSPS) is 21.9. The molecule has 0 aliphatic carbocycles. The van der Waals surface area contributed by atoms with Crippen molar-refractivity contribution in [1.82, 2.24) is 10.2 Å². The number of piperidine rings is 1. The molecule has 0 radical (unpaired) electrons. The number of fused-ring (bicyclic) bond motifs is 1. The monoisotopic (exact) mass is 450 g/mol. The zero-order valence-corrected chi connectivity index (χ0v) is 17.8. The molecule has 3 aliphatic rings. The molecule has 3 N–H and O–H groups in total. The molecule has 3 aliphatic heterocycles. The fourth-order valence-electron chi connectivity index (χ4n) is 3.61. The first-order chi connectivity index (χ1) is 14.8. The first-order valence-electron chi connectivity index (χ1n) is 10.0. The van der Waals surface area contributed by atoms with Crippen LogP contribution in [0.2, 0.25) is 0 Å². The molecule has 0 bridgehead atoms. The number of nitrogens with zero attached hydrogens (tertiary/aromatic N) is 1.